The molecule has 0 saturated carbocycles. The first-order valence-electron chi connectivity index (χ1n) is 8.99. The van der Waals surface area contributed by atoms with Gasteiger partial charge in [0.15, 0.2) is 11.4 Å². The van der Waals surface area contributed by atoms with Crippen LogP contribution < -0.4 is 5.43 Å². The lowest BCUT2D eigenvalue weighted by Crippen LogP contribution is -2.18. The van der Waals surface area contributed by atoms with Crippen molar-refractivity contribution in [2.75, 3.05) is 7.11 Å². The average Bonchev–Trinajstić information content (AvgIpc) is 3.35. The van der Waals surface area contributed by atoms with Crippen LogP contribution in [-0.2, 0) is 18.0 Å². The highest BCUT2D eigenvalue weighted by Gasteiger charge is 2.30. The number of hydrazone groups is 1. The Morgan fingerprint density at radius 2 is 1.78 bits per heavy atom. The van der Waals surface area contributed by atoms with Crippen LogP contribution in [0.15, 0.2) is 41.5 Å². The monoisotopic (exact) mass is 466 g/mol. The van der Waals surface area contributed by atoms with Crippen LogP contribution in [0.2, 0.25) is 0 Å². The van der Waals surface area contributed by atoms with Gasteiger partial charge in [0.2, 0.25) is 0 Å². The summed E-state index contributed by atoms with van der Waals surface area (Å²) in [5.74, 6) is -1.45. The lowest BCUT2D eigenvalue weighted by Gasteiger charge is -2.08. The quantitative estimate of drug-likeness (QED) is 0.338. The van der Waals surface area contributed by atoms with Crippen LogP contribution in [0, 0.1) is 0 Å². The zero-order valence-electron chi connectivity index (χ0n) is 17.0. The second kappa shape index (κ2) is 8.83. The van der Waals surface area contributed by atoms with Gasteiger partial charge in [0.25, 0.3) is 5.91 Å². The van der Waals surface area contributed by atoms with Crippen molar-refractivity contribution in [1.29, 1.82) is 0 Å². The van der Waals surface area contributed by atoms with Gasteiger partial charge in [-0.1, -0.05) is 12.1 Å². The maximum absolute atomic E-state index is 12.8. The number of aryl methyl sites for hydroxylation is 1. The Labute approximate surface area is 183 Å². The molecule has 0 bridgehead atoms. The molecule has 3 rings (SSSR count). The lowest BCUT2D eigenvalue weighted by molar-refractivity contribution is -0.137. The predicted octanol–water partition coefficient (Wildman–Crippen LogP) is 3.81. The lowest BCUT2D eigenvalue weighted by atomic mass is 10.1. The number of thiophene rings is 1. The summed E-state index contributed by atoms with van der Waals surface area (Å²) < 4.78 is 44.2. The number of benzene rings is 1. The number of esters is 1. The van der Waals surface area contributed by atoms with E-state index in [9.17, 15) is 27.9 Å². The molecule has 1 aromatic carbocycles. The molecule has 0 fully saturated rings. The van der Waals surface area contributed by atoms with Crippen LogP contribution in [0.3, 0.4) is 0 Å². The molecule has 2 aromatic heterocycles. The normalized spacial score (nSPS) is 12.0. The van der Waals surface area contributed by atoms with Crippen molar-refractivity contribution < 1.29 is 32.6 Å². The molecule has 168 valence electrons. The smallest absolute Gasteiger partial charge is 0.416 e. The summed E-state index contributed by atoms with van der Waals surface area (Å²) in [6, 6.07) is 7.17. The van der Waals surface area contributed by atoms with E-state index in [-0.39, 0.29) is 32.6 Å². The molecule has 0 saturated heterocycles. The molecule has 0 aliphatic carbocycles. The van der Waals surface area contributed by atoms with Gasteiger partial charge in [0, 0.05) is 12.6 Å². The van der Waals surface area contributed by atoms with Gasteiger partial charge < -0.3 is 9.84 Å². The zero-order chi connectivity index (χ0) is 23.6. The van der Waals surface area contributed by atoms with Gasteiger partial charge in [0.1, 0.15) is 10.6 Å². The van der Waals surface area contributed by atoms with E-state index < -0.39 is 23.6 Å². The summed E-state index contributed by atoms with van der Waals surface area (Å²) in [5, 5.41) is 18.7. The van der Waals surface area contributed by atoms with Crippen LogP contribution in [0.25, 0.3) is 11.3 Å². The van der Waals surface area contributed by atoms with Crippen molar-refractivity contribution >= 4 is 28.9 Å². The second-order valence-electron chi connectivity index (χ2n) is 6.54. The van der Waals surface area contributed by atoms with E-state index in [2.05, 4.69) is 20.4 Å². The highest BCUT2D eigenvalue weighted by Crippen LogP contribution is 2.35. The molecule has 0 radical (unpaired) electrons. The first-order valence-corrected chi connectivity index (χ1v) is 9.81. The number of alkyl halides is 3. The van der Waals surface area contributed by atoms with Gasteiger partial charge in [-0.05, 0) is 31.2 Å². The molecule has 3 aromatic rings. The van der Waals surface area contributed by atoms with E-state index in [4.69, 9.17) is 0 Å². The number of hydrogen-bond acceptors (Lipinski definition) is 7. The van der Waals surface area contributed by atoms with Crippen molar-refractivity contribution in [2.24, 2.45) is 12.1 Å². The van der Waals surface area contributed by atoms with Crippen molar-refractivity contribution in [2.45, 2.75) is 13.1 Å². The highest BCUT2D eigenvalue weighted by molar-refractivity contribution is 7.15. The third kappa shape index (κ3) is 4.64. The number of carbonyl (C=O) groups excluding carboxylic acids is 2. The topological polar surface area (TPSA) is 106 Å². The molecule has 0 aliphatic heterocycles. The zero-order valence-corrected chi connectivity index (χ0v) is 17.8. The number of methoxy groups -OCH3 is 1. The van der Waals surface area contributed by atoms with Crippen LogP contribution in [0.4, 0.5) is 13.2 Å². The first-order chi connectivity index (χ1) is 15.0. The van der Waals surface area contributed by atoms with Gasteiger partial charge in [-0.15, -0.1) is 11.3 Å². The standard InChI is InChI=1S/C20H17F3N4O4S/c1-10(24-25-18(29)13-8-9-14(32-13)19(30)31-3)15-17(28)16(27(2)26-15)11-4-6-12(7-5-11)20(21,22)23/h4-9,28H,1-3H3,(H,25,29)/b24-10-. The van der Waals surface area contributed by atoms with Gasteiger partial charge >= 0.3 is 12.1 Å². The Kier molecular flexibility index (Phi) is 6.35. The van der Waals surface area contributed by atoms with E-state index in [1.54, 1.807) is 0 Å². The van der Waals surface area contributed by atoms with E-state index >= 15 is 0 Å². The highest BCUT2D eigenvalue weighted by atomic mass is 32.1. The van der Waals surface area contributed by atoms with Gasteiger partial charge in [-0.2, -0.15) is 23.4 Å². The van der Waals surface area contributed by atoms with Crippen LogP contribution in [0.1, 0.15) is 37.5 Å². The summed E-state index contributed by atoms with van der Waals surface area (Å²) in [4.78, 5) is 24.2. The maximum atomic E-state index is 12.8. The molecule has 32 heavy (non-hydrogen) atoms. The van der Waals surface area contributed by atoms with Crippen LogP contribution in [0.5, 0.6) is 5.75 Å². The molecule has 0 atom stereocenters. The van der Waals surface area contributed by atoms with Crippen LogP contribution >= 0.6 is 11.3 Å². The number of aromatic nitrogens is 2. The fourth-order valence-electron chi connectivity index (χ4n) is 2.81. The largest absolute Gasteiger partial charge is 0.504 e. The number of aromatic hydroxyl groups is 1. The van der Waals surface area contributed by atoms with E-state index in [0.29, 0.717) is 5.56 Å². The Bertz CT molecular complexity index is 1200. The number of amides is 1. The number of ether oxygens (including phenoxy) is 1. The molecule has 2 N–H and O–H groups in total. The molecule has 0 aliphatic rings. The summed E-state index contributed by atoms with van der Waals surface area (Å²) in [7, 11) is 2.75. The van der Waals surface area contributed by atoms with Gasteiger partial charge in [0.05, 0.1) is 23.3 Å². The minimum absolute atomic E-state index is 0.0455. The van der Waals surface area contributed by atoms with Crippen molar-refractivity contribution in [1.82, 2.24) is 15.2 Å². The van der Waals surface area contributed by atoms with Gasteiger partial charge in [-0.3, -0.25) is 9.48 Å². The molecule has 1 amide bonds. The van der Waals surface area contributed by atoms with Crippen molar-refractivity contribution in [3.05, 3.63) is 57.4 Å². The minimum atomic E-state index is -4.47. The molecule has 2 heterocycles. The van der Waals surface area contributed by atoms with E-state index in [1.165, 1.54) is 50.0 Å². The van der Waals surface area contributed by atoms with E-state index in [1.807, 2.05) is 0 Å². The number of carbonyl (C=O) groups is 2. The predicted molar refractivity (Wildman–Crippen MR) is 111 cm³/mol. The molecule has 0 unspecified atom stereocenters. The third-order valence-electron chi connectivity index (χ3n) is 4.39. The fourth-order valence-corrected chi connectivity index (χ4v) is 3.62. The van der Waals surface area contributed by atoms with Crippen LogP contribution in [-0.4, -0.2) is 39.6 Å². The Hall–Kier alpha value is -3.67. The SMILES string of the molecule is COC(=O)c1ccc(C(=O)N/N=C(/C)c2nn(C)c(-c3ccc(C(F)(F)F)cc3)c2O)s1. The third-order valence-corrected chi connectivity index (χ3v) is 5.46. The summed E-state index contributed by atoms with van der Waals surface area (Å²) >= 11 is 0.926. The Morgan fingerprint density at radius 1 is 1.16 bits per heavy atom. The molecule has 0 spiro atoms. The first kappa shape index (κ1) is 23.0. The average molecular weight is 466 g/mol. The Morgan fingerprint density at radius 3 is 2.38 bits per heavy atom. The minimum Gasteiger partial charge on any atom is -0.504 e. The maximum Gasteiger partial charge on any atom is 0.416 e. The summed E-state index contributed by atoms with van der Waals surface area (Å²) in [6.45, 7) is 1.49. The van der Waals surface area contributed by atoms with E-state index in [0.717, 1.165) is 23.5 Å². The van der Waals surface area contributed by atoms with Gasteiger partial charge in [-0.25, -0.2) is 10.2 Å². The number of halogens is 3. The second-order valence-corrected chi connectivity index (χ2v) is 7.62. The van der Waals surface area contributed by atoms with Crippen molar-refractivity contribution in [3.8, 4) is 17.0 Å². The fraction of sp³-hybridized carbons (Fsp3) is 0.200. The summed E-state index contributed by atoms with van der Waals surface area (Å²) in [5.41, 5.74) is 2.22. The molecular formula is C20H17F3N4O4S. The number of hydrogen-bond donors (Lipinski definition) is 2. The summed E-state index contributed by atoms with van der Waals surface area (Å²) in [6.07, 6.45) is -4.47. The number of rotatable bonds is 5. The number of nitrogens with zero attached hydrogens (tertiary/aromatic N) is 3. The number of nitrogens with one attached hydrogen (secondary N) is 1. The van der Waals surface area contributed by atoms with Crippen molar-refractivity contribution in [3.63, 3.8) is 0 Å². The molecular weight excluding hydrogens is 449 g/mol. The Balaban J connectivity index is 1.81. The molecule has 12 heteroatoms. The molecule has 8 nitrogen and oxygen atoms in total.